The molecule has 1 amide bonds. The van der Waals surface area contributed by atoms with Gasteiger partial charge in [-0.25, -0.2) is 4.98 Å². The molecule has 0 radical (unpaired) electrons. The first-order chi connectivity index (χ1) is 11.6. The van der Waals surface area contributed by atoms with Crippen molar-refractivity contribution >= 4 is 17.4 Å². The lowest BCUT2D eigenvalue weighted by molar-refractivity contribution is -0.385. The topological polar surface area (TPSA) is 124 Å². The van der Waals surface area contributed by atoms with Crippen molar-refractivity contribution in [2.45, 2.75) is 37.4 Å². The summed E-state index contributed by atoms with van der Waals surface area (Å²) >= 11 is 0. The number of rotatable bonds is 4. The summed E-state index contributed by atoms with van der Waals surface area (Å²) in [6.07, 6.45) is 3.40. The van der Waals surface area contributed by atoms with Crippen LogP contribution in [0.3, 0.4) is 0 Å². The van der Waals surface area contributed by atoms with Crippen LogP contribution in [0.5, 0.6) is 0 Å². The number of nitrogens with zero attached hydrogens (tertiary/aromatic N) is 4. The van der Waals surface area contributed by atoms with Crippen molar-refractivity contribution in [2.75, 3.05) is 18.4 Å². The third-order valence-corrected chi connectivity index (χ3v) is 4.42. The largest absolute Gasteiger partial charge is 0.366 e. The van der Waals surface area contributed by atoms with Crippen LogP contribution in [0.4, 0.5) is 11.5 Å². The average molecular weight is 330 g/mol. The lowest BCUT2D eigenvalue weighted by Crippen LogP contribution is -2.45. The third-order valence-electron chi connectivity index (χ3n) is 4.42. The van der Waals surface area contributed by atoms with E-state index in [1.807, 2.05) is 0 Å². The van der Waals surface area contributed by atoms with Crippen LogP contribution in [0.2, 0.25) is 0 Å². The maximum atomic E-state index is 12.5. The van der Waals surface area contributed by atoms with Crippen molar-refractivity contribution < 1.29 is 9.72 Å². The minimum Gasteiger partial charge on any atom is -0.366 e. The summed E-state index contributed by atoms with van der Waals surface area (Å²) in [6.45, 7) is 1.23. The second-order valence-electron chi connectivity index (χ2n) is 6.02. The molecule has 2 saturated heterocycles. The van der Waals surface area contributed by atoms with Gasteiger partial charge in [-0.2, -0.15) is 5.26 Å². The van der Waals surface area contributed by atoms with Gasteiger partial charge in [-0.15, -0.1) is 0 Å². The summed E-state index contributed by atoms with van der Waals surface area (Å²) < 4.78 is 0. The fourth-order valence-corrected chi connectivity index (χ4v) is 3.19. The Hall–Kier alpha value is -2.73. The molecule has 3 rings (SSSR count). The standard InChI is InChI=1S/C15H18N6O3/c16-7-11-2-1-5-20(11)15(22)13-6-10(8-17-13)19-14-4-3-12(9-18-14)21(23)24/h3-4,9-11,13,17H,1-2,5-6,8H2,(H,18,19)/t10-,11?,13-/m0/s1. The number of nitriles is 1. The number of anilines is 1. The molecule has 0 aliphatic carbocycles. The highest BCUT2D eigenvalue weighted by atomic mass is 16.6. The molecular formula is C15H18N6O3. The third kappa shape index (κ3) is 3.28. The molecule has 1 aromatic rings. The summed E-state index contributed by atoms with van der Waals surface area (Å²) in [6, 6.07) is 4.51. The van der Waals surface area contributed by atoms with Crippen molar-refractivity contribution in [3.05, 3.63) is 28.4 Å². The first-order valence-electron chi connectivity index (χ1n) is 7.89. The van der Waals surface area contributed by atoms with Crippen LogP contribution in [0.1, 0.15) is 19.3 Å². The van der Waals surface area contributed by atoms with E-state index in [1.54, 1.807) is 11.0 Å². The van der Waals surface area contributed by atoms with Crippen molar-refractivity contribution in [3.8, 4) is 6.07 Å². The zero-order valence-corrected chi connectivity index (χ0v) is 13.0. The van der Waals surface area contributed by atoms with E-state index < -0.39 is 4.92 Å². The summed E-state index contributed by atoms with van der Waals surface area (Å²) in [7, 11) is 0. The molecule has 0 bridgehead atoms. The Morgan fingerprint density at radius 2 is 2.38 bits per heavy atom. The summed E-state index contributed by atoms with van der Waals surface area (Å²) in [5.74, 6) is 0.511. The summed E-state index contributed by atoms with van der Waals surface area (Å²) in [4.78, 5) is 28.3. The van der Waals surface area contributed by atoms with E-state index in [2.05, 4.69) is 21.7 Å². The SMILES string of the molecule is N#CC1CCCN1C(=O)[C@@H]1C[C@H](Nc2ccc([N+](=O)[O-])cn2)CN1. The van der Waals surface area contributed by atoms with Crippen LogP contribution in [0.15, 0.2) is 18.3 Å². The van der Waals surface area contributed by atoms with Gasteiger partial charge in [-0.3, -0.25) is 14.9 Å². The zero-order valence-electron chi connectivity index (χ0n) is 13.0. The molecule has 2 fully saturated rings. The van der Waals surface area contributed by atoms with Gasteiger partial charge in [0.25, 0.3) is 5.69 Å². The lowest BCUT2D eigenvalue weighted by Gasteiger charge is -2.23. The number of amides is 1. The van der Waals surface area contributed by atoms with Crippen LogP contribution in [0.25, 0.3) is 0 Å². The number of pyridine rings is 1. The quantitative estimate of drug-likeness (QED) is 0.613. The molecule has 0 saturated carbocycles. The number of hydrogen-bond donors (Lipinski definition) is 2. The minimum atomic E-state index is -0.496. The highest BCUT2D eigenvalue weighted by Crippen LogP contribution is 2.21. The van der Waals surface area contributed by atoms with E-state index >= 15 is 0 Å². The molecule has 9 heteroatoms. The van der Waals surface area contributed by atoms with Gasteiger partial charge in [-0.05, 0) is 25.3 Å². The minimum absolute atomic E-state index is 0.0102. The molecule has 126 valence electrons. The number of carbonyl (C=O) groups is 1. The van der Waals surface area contributed by atoms with Crippen molar-refractivity contribution in [1.82, 2.24) is 15.2 Å². The molecule has 0 aromatic carbocycles. The summed E-state index contributed by atoms with van der Waals surface area (Å²) in [5.41, 5.74) is -0.0604. The van der Waals surface area contributed by atoms with Crippen LogP contribution < -0.4 is 10.6 Å². The number of likely N-dealkylation sites (tertiary alicyclic amines) is 1. The Morgan fingerprint density at radius 1 is 1.54 bits per heavy atom. The Labute approximate surface area is 138 Å². The van der Waals surface area contributed by atoms with Gasteiger partial charge in [0.05, 0.1) is 17.0 Å². The Bertz CT molecular complexity index is 671. The predicted octanol–water partition coefficient (Wildman–Crippen LogP) is 0.647. The Balaban J connectivity index is 1.56. The maximum Gasteiger partial charge on any atom is 0.287 e. The predicted molar refractivity (Wildman–Crippen MR) is 85.1 cm³/mol. The van der Waals surface area contributed by atoms with E-state index in [4.69, 9.17) is 5.26 Å². The molecule has 3 heterocycles. The molecule has 2 aliphatic rings. The van der Waals surface area contributed by atoms with E-state index in [0.717, 1.165) is 12.8 Å². The van der Waals surface area contributed by atoms with Gasteiger partial charge in [0.15, 0.2) is 0 Å². The fourth-order valence-electron chi connectivity index (χ4n) is 3.19. The van der Waals surface area contributed by atoms with Crippen LogP contribution in [-0.4, -0.2) is 51.9 Å². The van der Waals surface area contributed by atoms with E-state index in [9.17, 15) is 14.9 Å². The van der Waals surface area contributed by atoms with Gasteiger partial charge in [0.1, 0.15) is 18.1 Å². The van der Waals surface area contributed by atoms with Crippen LogP contribution in [0, 0.1) is 21.4 Å². The van der Waals surface area contributed by atoms with Crippen molar-refractivity contribution in [2.24, 2.45) is 0 Å². The number of aromatic nitrogens is 1. The smallest absolute Gasteiger partial charge is 0.287 e. The highest BCUT2D eigenvalue weighted by molar-refractivity contribution is 5.83. The molecule has 0 spiro atoms. The van der Waals surface area contributed by atoms with E-state index in [0.29, 0.717) is 25.3 Å². The van der Waals surface area contributed by atoms with E-state index in [1.165, 1.54) is 12.3 Å². The van der Waals surface area contributed by atoms with Crippen LogP contribution in [-0.2, 0) is 4.79 Å². The normalized spacial score (nSPS) is 26.1. The second kappa shape index (κ2) is 6.80. The van der Waals surface area contributed by atoms with Gasteiger partial charge in [-0.1, -0.05) is 0 Å². The fraction of sp³-hybridized carbons (Fsp3) is 0.533. The molecule has 2 N–H and O–H groups in total. The number of hydrogen-bond acceptors (Lipinski definition) is 7. The highest BCUT2D eigenvalue weighted by Gasteiger charge is 2.37. The molecular weight excluding hydrogens is 312 g/mol. The van der Waals surface area contributed by atoms with Gasteiger partial charge in [0.2, 0.25) is 5.91 Å². The molecule has 2 aliphatic heterocycles. The van der Waals surface area contributed by atoms with Gasteiger partial charge in [0, 0.05) is 25.2 Å². The Morgan fingerprint density at radius 3 is 3.04 bits per heavy atom. The van der Waals surface area contributed by atoms with E-state index in [-0.39, 0.29) is 29.7 Å². The molecule has 1 unspecified atom stereocenters. The monoisotopic (exact) mass is 330 g/mol. The summed E-state index contributed by atoms with van der Waals surface area (Å²) in [5, 5.41) is 26.1. The van der Waals surface area contributed by atoms with Gasteiger partial charge >= 0.3 is 0 Å². The van der Waals surface area contributed by atoms with Gasteiger partial charge < -0.3 is 15.5 Å². The second-order valence-corrected chi connectivity index (χ2v) is 6.02. The average Bonchev–Trinajstić information content (AvgIpc) is 3.23. The molecule has 1 aromatic heterocycles. The molecule has 9 nitrogen and oxygen atoms in total. The number of nitrogens with one attached hydrogen (secondary N) is 2. The lowest BCUT2D eigenvalue weighted by atomic mass is 10.1. The molecule has 3 atom stereocenters. The van der Waals surface area contributed by atoms with Crippen LogP contribution >= 0.6 is 0 Å². The van der Waals surface area contributed by atoms with Crippen molar-refractivity contribution in [3.63, 3.8) is 0 Å². The first kappa shape index (κ1) is 16.1. The number of carbonyl (C=O) groups excluding carboxylic acids is 1. The maximum absolute atomic E-state index is 12.5. The molecule has 24 heavy (non-hydrogen) atoms. The Kier molecular flexibility index (Phi) is 4.57. The number of nitro groups is 1. The first-order valence-corrected chi connectivity index (χ1v) is 7.89. The zero-order chi connectivity index (χ0) is 17.1. The van der Waals surface area contributed by atoms with Crippen molar-refractivity contribution in [1.29, 1.82) is 5.26 Å².